The fraction of sp³-hybridized carbons (Fsp3) is 0.500. The van der Waals surface area contributed by atoms with Crippen molar-refractivity contribution in [2.75, 3.05) is 52.4 Å². The highest BCUT2D eigenvalue weighted by Crippen LogP contribution is 2.29. The van der Waals surface area contributed by atoms with Crippen LogP contribution in [0.3, 0.4) is 0 Å². The molecule has 0 N–H and O–H groups in total. The maximum Gasteiger partial charge on any atom is 0.256 e. The molecule has 194 valence electrons. The number of hydrogen-bond acceptors (Lipinski definition) is 3. The molecule has 2 aromatic carbocycles. The standard InChI is InChI=1S/C30H41FN4O/c1-5-32(6-2)14-8-15-35-24(4)29(27-21-23(3)11-12-28(27)35)30(36)34-19-17-33(18-20-34)16-13-25-9-7-10-26(31)22-25/h7,9-12,21-22H,5-6,8,13-20H2,1-4H3. The van der Waals surface area contributed by atoms with Crippen molar-refractivity contribution in [3.8, 4) is 0 Å². The number of benzene rings is 2. The Morgan fingerprint density at radius 2 is 1.72 bits per heavy atom. The Balaban J connectivity index is 1.44. The first-order chi connectivity index (χ1) is 17.4. The third kappa shape index (κ3) is 5.98. The van der Waals surface area contributed by atoms with Crippen molar-refractivity contribution in [3.63, 3.8) is 0 Å². The summed E-state index contributed by atoms with van der Waals surface area (Å²) >= 11 is 0. The van der Waals surface area contributed by atoms with Gasteiger partial charge in [0.25, 0.3) is 5.91 Å². The second kappa shape index (κ2) is 12.0. The van der Waals surface area contributed by atoms with Gasteiger partial charge in [-0.1, -0.05) is 37.6 Å². The Bertz CT molecular complexity index is 1180. The summed E-state index contributed by atoms with van der Waals surface area (Å²) in [5.41, 5.74) is 5.31. The van der Waals surface area contributed by atoms with Crippen LogP contribution in [-0.2, 0) is 13.0 Å². The molecule has 0 radical (unpaired) electrons. The third-order valence-electron chi connectivity index (χ3n) is 7.71. The third-order valence-corrected chi connectivity index (χ3v) is 7.71. The summed E-state index contributed by atoms with van der Waals surface area (Å²) in [6.07, 6.45) is 1.89. The topological polar surface area (TPSA) is 31.7 Å². The molecule has 4 rings (SSSR count). The Kier molecular flexibility index (Phi) is 8.81. The summed E-state index contributed by atoms with van der Waals surface area (Å²) in [6.45, 7) is 16.8. The summed E-state index contributed by atoms with van der Waals surface area (Å²) in [5.74, 6) is -0.0314. The molecule has 6 heteroatoms. The van der Waals surface area contributed by atoms with E-state index in [0.29, 0.717) is 0 Å². The molecule has 3 aromatic rings. The van der Waals surface area contributed by atoms with Gasteiger partial charge in [-0.05, 0) is 76.2 Å². The second-order valence-electron chi connectivity index (χ2n) is 10.0. The molecule has 1 aliphatic rings. The summed E-state index contributed by atoms with van der Waals surface area (Å²) < 4.78 is 15.8. The van der Waals surface area contributed by atoms with Gasteiger partial charge < -0.3 is 14.4 Å². The van der Waals surface area contributed by atoms with E-state index in [2.05, 4.69) is 60.3 Å². The quantitative estimate of drug-likeness (QED) is 0.393. The predicted molar refractivity (Wildman–Crippen MR) is 146 cm³/mol. The van der Waals surface area contributed by atoms with Crippen LogP contribution in [-0.4, -0.2) is 77.5 Å². The molecule has 1 aromatic heterocycles. The van der Waals surface area contributed by atoms with Gasteiger partial charge in [0.2, 0.25) is 0 Å². The van der Waals surface area contributed by atoms with E-state index in [0.717, 1.165) is 99.5 Å². The maximum atomic E-state index is 13.8. The van der Waals surface area contributed by atoms with E-state index >= 15 is 0 Å². The second-order valence-corrected chi connectivity index (χ2v) is 10.0. The SMILES string of the molecule is CCN(CC)CCCn1c(C)c(C(=O)N2CCN(CCc3cccc(F)c3)CC2)c2cc(C)ccc21. The molecule has 1 saturated heterocycles. The van der Waals surface area contributed by atoms with Crippen molar-refractivity contribution in [1.29, 1.82) is 0 Å². The number of hydrogen-bond donors (Lipinski definition) is 0. The van der Waals surface area contributed by atoms with E-state index in [1.807, 2.05) is 11.0 Å². The number of rotatable bonds is 10. The zero-order valence-electron chi connectivity index (χ0n) is 22.4. The van der Waals surface area contributed by atoms with Crippen LogP contribution in [0.5, 0.6) is 0 Å². The highest BCUT2D eigenvalue weighted by atomic mass is 19.1. The zero-order chi connectivity index (χ0) is 25.7. The number of piperazine rings is 1. The number of carbonyl (C=O) groups excluding carboxylic acids is 1. The number of fused-ring (bicyclic) bond motifs is 1. The molecular formula is C30H41FN4O. The number of halogens is 1. The predicted octanol–water partition coefficient (Wildman–Crippen LogP) is 5.13. The molecule has 0 unspecified atom stereocenters. The number of carbonyl (C=O) groups is 1. The lowest BCUT2D eigenvalue weighted by Crippen LogP contribution is -2.49. The van der Waals surface area contributed by atoms with Crippen molar-refractivity contribution in [3.05, 3.63) is 70.7 Å². The fourth-order valence-corrected chi connectivity index (χ4v) is 5.46. The van der Waals surface area contributed by atoms with Crippen molar-refractivity contribution in [1.82, 2.24) is 19.3 Å². The van der Waals surface area contributed by atoms with Crippen molar-refractivity contribution in [2.45, 2.75) is 47.1 Å². The van der Waals surface area contributed by atoms with Gasteiger partial charge in [0.1, 0.15) is 5.82 Å². The molecule has 0 bridgehead atoms. The monoisotopic (exact) mass is 492 g/mol. The first kappa shape index (κ1) is 26.4. The molecule has 0 atom stereocenters. The first-order valence-corrected chi connectivity index (χ1v) is 13.5. The molecule has 1 aliphatic heterocycles. The molecule has 2 heterocycles. The summed E-state index contributed by atoms with van der Waals surface area (Å²) in [4.78, 5) is 20.6. The molecule has 1 amide bonds. The average Bonchev–Trinajstić information content (AvgIpc) is 3.15. The Morgan fingerprint density at radius 3 is 2.42 bits per heavy atom. The van der Waals surface area contributed by atoms with Gasteiger partial charge in [-0.3, -0.25) is 9.69 Å². The average molecular weight is 493 g/mol. The van der Waals surface area contributed by atoms with Gasteiger partial charge in [0.15, 0.2) is 0 Å². The molecule has 1 fully saturated rings. The molecule has 0 aliphatic carbocycles. The molecule has 0 spiro atoms. The lowest BCUT2D eigenvalue weighted by molar-refractivity contribution is 0.0639. The van der Waals surface area contributed by atoms with Crippen LogP contribution in [0.15, 0.2) is 42.5 Å². The van der Waals surface area contributed by atoms with Crippen LogP contribution in [0, 0.1) is 19.7 Å². The smallest absolute Gasteiger partial charge is 0.256 e. The number of amides is 1. The lowest BCUT2D eigenvalue weighted by atomic mass is 10.1. The van der Waals surface area contributed by atoms with Crippen LogP contribution in [0.25, 0.3) is 10.9 Å². The first-order valence-electron chi connectivity index (χ1n) is 13.5. The highest BCUT2D eigenvalue weighted by Gasteiger charge is 2.27. The van der Waals surface area contributed by atoms with E-state index in [4.69, 9.17) is 0 Å². The molecule has 0 saturated carbocycles. The van der Waals surface area contributed by atoms with Gasteiger partial charge in [0, 0.05) is 55.9 Å². The lowest BCUT2D eigenvalue weighted by Gasteiger charge is -2.35. The van der Waals surface area contributed by atoms with E-state index in [-0.39, 0.29) is 11.7 Å². The minimum atomic E-state index is -0.180. The molecular weight excluding hydrogens is 451 g/mol. The Hall–Kier alpha value is -2.70. The van der Waals surface area contributed by atoms with Gasteiger partial charge in [-0.25, -0.2) is 4.39 Å². The molecule has 36 heavy (non-hydrogen) atoms. The molecule has 5 nitrogen and oxygen atoms in total. The van der Waals surface area contributed by atoms with E-state index in [9.17, 15) is 9.18 Å². The van der Waals surface area contributed by atoms with Gasteiger partial charge in [-0.2, -0.15) is 0 Å². The van der Waals surface area contributed by atoms with Gasteiger partial charge in [-0.15, -0.1) is 0 Å². The van der Waals surface area contributed by atoms with Crippen LogP contribution < -0.4 is 0 Å². The minimum Gasteiger partial charge on any atom is -0.344 e. The normalized spacial score (nSPS) is 14.8. The van der Waals surface area contributed by atoms with Gasteiger partial charge >= 0.3 is 0 Å². The van der Waals surface area contributed by atoms with Crippen LogP contribution in [0.1, 0.15) is 47.4 Å². The van der Waals surface area contributed by atoms with Crippen LogP contribution in [0.4, 0.5) is 4.39 Å². The van der Waals surface area contributed by atoms with Crippen molar-refractivity contribution in [2.24, 2.45) is 0 Å². The van der Waals surface area contributed by atoms with Gasteiger partial charge in [0.05, 0.1) is 5.56 Å². The van der Waals surface area contributed by atoms with E-state index in [1.165, 1.54) is 11.6 Å². The van der Waals surface area contributed by atoms with E-state index < -0.39 is 0 Å². The summed E-state index contributed by atoms with van der Waals surface area (Å²) in [6, 6.07) is 13.3. The highest BCUT2D eigenvalue weighted by molar-refractivity contribution is 6.08. The minimum absolute atomic E-state index is 0.148. The number of aromatic nitrogens is 1. The largest absolute Gasteiger partial charge is 0.344 e. The fourth-order valence-electron chi connectivity index (χ4n) is 5.46. The maximum absolute atomic E-state index is 13.8. The van der Waals surface area contributed by atoms with Crippen LogP contribution >= 0.6 is 0 Å². The van der Waals surface area contributed by atoms with Crippen molar-refractivity contribution >= 4 is 16.8 Å². The van der Waals surface area contributed by atoms with Crippen LogP contribution in [0.2, 0.25) is 0 Å². The Labute approximate surface area is 215 Å². The van der Waals surface area contributed by atoms with Crippen molar-refractivity contribution < 1.29 is 9.18 Å². The van der Waals surface area contributed by atoms with E-state index in [1.54, 1.807) is 12.1 Å². The number of nitrogens with zero attached hydrogens (tertiary/aromatic N) is 4. The Morgan fingerprint density at radius 1 is 0.972 bits per heavy atom. The summed E-state index contributed by atoms with van der Waals surface area (Å²) in [7, 11) is 0. The summed E-state index contributed by atoms with van der Waals surface area (Å²) in [5, 5.41) is 1.08. The zero-order valence-corrected chi connectivity index (χ0v) is 22.4. The number of aryl methyl sites for hydroxylation is 2.